The van der Waals surface area contributed by atoms with E-state index < -0.39 is 36.6 Å². The van der Waals surface area contributed by atoms with Gasteiger partial charge in [-0.1, -0.05) is 6.42 Å². The van der Waals surface area contributed by atoms with Crippen LogP contribution in [0.25, 0.3) is 0 Å². The van der Waals surface area contributed by atoms with Gasteiger partial charge >= 0.3 is 0 Å². The van der Waals surface area contributed by atoms with Crippen LogP contribution >= 0.6 is 0 Å². The molecule has 6 nitrogen and oxygen atoms in total. The number of nitrogens with one attached hydrogen (secondary N) is 1. The van der Waals surface area contributed by atoms with Gasteiger partial charge in [-0.25, -0.2) is 25.6 Å². The topological polar surface area (TPSA) is 83.6 Å². The summed E-state index contributed by atoms with van der Waals surface area (Å²) < 4.78 is 81.4. The third kappa shape index (κ3) is 4.44. The molecule has 0 amide bonds. The third-order valence-corrected chi connectivity index (χ3v) is 8.52. The van der Waals surface area contributed by atoms with Crippen molar-refractivity contribution in [3.63, 3.8) is 0 Å². The summed E-state index contributed by atoms with van der Waals surface area (Å²) in [7, 11) is -8.12. The van der Waals surface area contributed by atoms with Crippen molar-refractivity contribution < 1.29 is 25.6 Å². The summed E-state index contributed by atoms with van der Waals surface area (Å²) in [6.45, 7) is 3.73. The van der Waals surface area contributed by atoms with E-state index in [-0.39, 0.29) is 22.7 Å². The maximum absolute atomic E-state index is 13.8. The second-order valence-corrected chi connectivity index (χ2v) is 10.7. The van der Waals surface area contributed by atoms with Gasteiger partial charge in [-0.2, -0.15) is 4.31 Å². The van der Waals surface area contributed by atoms with Crippen LogP contribution < -0.4 is 4.72 Å². The molecular weight excluding hydrogens is 422 g/mol. The average Bonchev–Trinajstić information content (AvgIpc) is 2.63. The van der Waals surface area contributed by atoms with Crippen molar-refractivity contribution in [1.29, 1.82) is 0 Å². The molecule has 2 atom stereocenters. The van der Waals surface area contributed by atoms with Crippen LogP contribution in [0.3, 0.4) is 0 Å². The number of hydrogen-bond acceptors (Lipinski definition) is 4. The van der Waals surface area contributed by atoms with E-state index in [1.54, 1.807) is 0 Å². The van der Waals surface area contributed by atoms with Crippen LogP contribution in [0.2, 0.25) is 0 Å². The van der Waals surface area contributed by atoms with Crippen molar-refractivity contribution in [2.45, 2.75) is 55.0 Å². The monoisotopic (exact) mass is 444 g/mol. The molecule has 10 heteroatoms. The molecule has 3 rings (SSSR count). The molecule has 0 radical (unpaired) electrons. The Morgan fingerprint density at radius 2 is 1.52 bits per heavy atom. The summed E-state index contributed by atoms with van der Waals surface area (Å²) in [5.41, 5.74) is 0.0346. The lowest BCUT2D eigenvalue weighted by molar-refractivity contribution is 0.204. The van der Waals surface area contributed by atoms with Crippen LogP contribution in [-0.4, -0.2) is 33.2 Å². The second-order valence-electron chi connectivity index (χ2n) is 7.17. The molecule has 0 saturated carbocycles. The van der Waals surface area contributed by atoms with Gasteiger partial charge < -0.3 is 0 Å². The molecule has 1 saturated heterocycles. The Morgan fingerprint density at radius 1 is 0.931 bits per heavy atom. The first-order chi connectivity index (χ1) is 13.5. The summed E-state index contributed by atoms with van der Waals surface area (Å²) >= 11 is 0. The van der Waals surface area contributed by atoms with E-state index in [2.05, 4.69) is 4.72 Å². The van der Waals surface area contributed by atoms with Crippen molar-refractivity contribution >= 4 is 25.7 Å². The Kier molecular flexibility index (Phi) is 5.98. The first-order valence-electron chi connectivity index (χ1n) is 9.14. The Hall–Kier alpha value is -2.04. The van der Waals surface area contributed by atoms with Gasteiger partial charge in [0.15, 0.2) is 0 Å². The second kappa shape index (κ2) is 8.00. The minimum absolute atomic E-state index is 0.0346. The Balaban J connectivity index is 1.86. The molecule has 1 fully saturated rings. The Bertz CT molecular complexity index is 1090. The molecule has 2 aromatic rings. The van der Waals surface area contributed by atoms with Crippen LogP contribution in [0.1, 0.15) is 33.1 Å². The fourth-order valence-electron chi connectivity index (χ4n) is 3.58. The van der Waals surface area contributed by atoms with Crippen molar-refractivity contribution in [3.05, 3.63) is 54.1 Å². The quantitative estimate of drug-likeness (QED) is 0.762. The number of halogens is 2. The molecule has 1 heterocycles. The van der Waals surface area contributed by atoms with E-state index in [0.717, 1.165) is 31.4 Å². The highest BCUT2D eigenvalue weighted by atomic mass is 32.2. The van der Waals surface area contributed by atoms with Gasteiger partial charge in [0.05, 0.1) is 4.90 Å². The van der Waals surface area contributed by atoms with Gasteiger partial charge in [-0.05, 0) is 69.2 Å². The van der Waals surface area contributed by atoms with Gasteiger partial charge in [-0.15, -0.1) is 0 Å². The Labute approximate surface area is 169 Å². The highest BCUT2D eigenvalue weighted by molar-refractivity contribution is 7.92. The number of benzene rings is 2. The standard InChI is InChI=1S/C19H22F2N2O4S2/c1-13-4-3-5-14(2)23(13)29(26,27)17-9-7-16(8-10-17)22-28(24,25)19-12-15(20)6-11-18(19)21/h6-14,22H,3-5H2,1-2H3. The van der Waals surface area contributed by atoms with E-state index in [0.29, 0.717) is 6.07 Å². The van der Waals surface area contributed by atoms with Gasteiger partial charge in [-0.3, -0.25) is 4.72 Å². The highest BCUT2D eigenvalue weighted by Crippen LogP contribution is 2.30. The normalized spacial score (nSPS) is 21.1. The van der Waals surface area contributed by atoms with Gasteiger partial charge in [0.2, 0.25) is 10.0 Å². The lowest BCUT2D eigenvalue weighted by atomic mass is 10.0. The fraction of sp³-hybridized carbons (Fsp3) is 0.368. The zero-order valence-corrected chi connectivity index (χ0v) is 17.6. The third-order valence-electron chi connectivity index (χ3n) is 4.98. The fourth-order valence-corrected chi connectivity index (χ4v) is 6.61. The van der Waals surface area contributed by atoms with Crippen molar-refractivity contribution in [2.24, 2.45) is 0 Å². The molecular formula is C19H22F2N2O4S2. The Morgan fingerprint density at radius 3 is 2.10 bits per heavy atom. The smallest absolute Gasteiger partial charge is 0.264 e. The molecule has 0 aliphatic carbocycles. The first kappa shape index (κ1) is 21.7. The molecule has 29 heavy (non-hydrogen) atoms. The van der Waals surface area contributed by atoms with Crippen molar-refractivity contribution in [3.8, 4) is 0 Å². The molecule has 1 aliphatic heterocycles. The molecule has 2 aromatic carbocycles. The number of rotatable bonds is 5. The zero-order chi connectivity index (χ0) is 21.4. The van der Waals surface area contributed by atoms with Crippen molar-refractivity contribution in [2.75, 3.05) is 4.72 Å². The molecule has 0 aromatic heterocycles. The maximum Gasteiger partial charge on any atom is 0.264 e. The van der Waals surface area contributed by atoms with E-state index in [1.807, 2.05) is 13.8 Å². The van der Waals surface area contributed by atoms with Gasteiger partial charge in [0, 0.05) is 17.8 Å². The van der Waals surface area contributed by atoms with E-state index >= 15 is 0 Å². The molecule has 0 spiro atoms. The number of nitrogens with zero attached hydrogens (tertiary/aromatic N) is 1. The van der Waals surface area contributed by atoms with Crippen LogP contribution in [0, 0.1) is 11.6 Å². The SMILES string of the molecule is CC1CCCC(C)N1S(=O)(=O)c1ccc(NS(=O)(=O)c2cc(F)ccc2F)cc1. The minimum atomic E-state index is -4.38. The summed E-state index contributed by atoms with van der Waals surface area (Å²) in [6.07, 6.45) is 2.52. The van der Waals surface area contributed by atoms with E-state index in [4.69, 9.17) is 0 Å². The van der Waals surface area contributed by atoms with Crippen LogP contribution in [0.4, 0.5) is 14.5 Å². The maximum atomic E-state index is 13.8. The average molecular weight is 445 g/mol. The summed E-state index contributed by atoms with van der Waals surface area (Å²) in [4.78, 5) is -0.789. The van der Waals surface area contributed by atoms with Crippen molar-refractivity contribution in [1.82, 2.24) is 4.31 Å². The predicted molar refractivity (Wildman–Crippen MR) is 105 cm³/mol. The molecule has 1 N–H and O–H groups in total. The van der Waals surface area contributed by atoms with Crippen LogP contribution in [0.5, 0.6) is 0 Å². The number of piperidine rings is 1. The van der Waals surface area contributed by atoms with Crippen LogP contribution in [0.15, 0.2) is 52.3 Å². The molecule has 0 bridgehead atoms. The first-order valence-corrected chi connectivity index (χ1v) is 12.1. The molecule has 2 unspecified atom stereocenters. The number of hydrogen-bond donors (Lipinski definition) is 1. The number of sulfonamides is 2. The lowest BCUT2D eigenvalue weighted by Gasteiger charge is -2.37. The minimum Gasteiger partial charge on any atom is -0.280 e. The van der Waals surface area contributed by atoms with E-state index in [1.165, 1.54) is 28.6 Å². The number of anilines is 1. The lowest BCUT2D eigenvalue weighted by Crippen LogP contribution is -2.47. The highest BCUT2D eigenvalue weighted by Gasteiger charge is 2.35. The summed E-state index contributed by atoms with van der Waals surface area (Å²) in [6, 6.07) is 7.01. The van der Waals surface area contributed by atoms with Gasteiger partial charge in [0.25, 0.3) is 10.0 Å². The predicted octanol–water partition coefficient (Wildman–Crippen LogP) is 3.72. The summed E-state index contributed by atoms with van der Waals surface area (Å²) in [5.74, 6) is -1.98. The zero-order valence-electron chi connectivity index (χ0n) is 16.0. The van der Waals surface area contributed by atoms with E-state index in [9.17, 15) is 25.6 Å². The van der Waals surface area contributed by atoms with Gasteiger partial charge in [0.1, 0.15) is 16.5 Å². The molecule has 158 valence electrons. The molecule has 1 aliphatic rings. The summed E-state index contributed by atoms with van der Waals surface area (Å²) in [5, 5.41) is 0. The van der Waals surface area contributed by atoms with Crippen LogP contribution in [-0.2, 0) is 20.0 Å². The largest absolute Gasteiger partial charge is 0.280 e.